The first kappa shape index (κ1) is 14.9. The summed E-state index contributed by atoms with van der Waals surface area (Å²) >= 11 is 0. The predicted octanol–water partition coefficient (Wildman–Crippen LogP) is 2.04. The molecule has 0 unspecified atom stereocenters. The fraction of sp³-hybridized carbons (Fsp3) is 0.375. The summed E-state index contributed by atoms with van der Waals surface area (Å²) in [7, 11) is 0. The quantitative estimate of drug-likeness (QED) is 0.814. The van der Waals surface area contributed by atoms with Crippen LogP contribution >= 0.6 is 0 Å². The number of benzene rings is 1. The molecule has 21 heavy (non-hydrogen) atoms. The number of carbonyl (C=O) groups is 2. The van der Waals surface area contributed by atoms with Gasteiger partial charge in [-0.25, -0.2) is 4.79 Å². The van der Waals surface area contributed by atoms with Crippen molar-refractivity contribution in [3.8, 4) is 12.3 Å². The Morgan fingerprint density at radius 3 is 2.48 bits per heavy atom. The van der Waals surface area contributed by atoms with Crippen LogP contribution in [-0.2, 0) is 4.79 Å². The molecule has 1 aliphatic carbocycles. The summed E-state index contributed by atoms with van der Waals surface area (Å²) in [6, 6.07) is 8.43. The molecular formula is C16H18N2O3. The molecule has 0 saturated heterocycles. The zero-order chi connectivity index (χ0) is 15.2. The molecule has 110 valence electrons. The van der Waals surface area contributed by atoms with Crippen LogP contribution in [0, 0.1) is 18.3 Å². The molecular weight excluding hydrogens is 268 g/mol. The SMILES string of the molecule is C#CCN(CC1CC1)C(=O)N(CC(=O)O)c1ccccc1. The van der Waals surface area contributed by atoms with Gasteiger partial charge in [-0.2, -0.15) is 0 Å². The zero-order valence-electron chi connectivity index (χ0n) is 11.7. The smallest absolute Gasteiger partial charge is 0.325 e. The van der Waals surface area contributed by atoms with Crippen LogP contribution in [0.1, 0.15) is 12.8 Å². The van der Waals surface area contributed by atoms with E-state index < -0.39 is 5.97 Å². The minimum Gasteiger partial charge on any atom is -0.480 e. The summed E-state index contributed by atoms with van der Waals surface area (Å²) < 4.78 is 0. The Morgan fingerprint density at radius 1 is 1.29 bits per heavy atom. The minimum atomic E-state index is -1.06. The molecule has 5 nitrogen and oxygen atoms in total. The second-order valence-corrected chi connectivity index (χ2v) is 5.13. The number of carbonyl (C=O) groups excluding carboxylic acids is 1. The molecule has 0 aliphatic heterocycles. The molecule has 2 rings (SSSR count). The molecule has 1 saturated carbocycles. The van der Waals surface area contributed by atoms with Gasteiger partial charge in [-0.05, 0) is 30.9 Å². The van der Waals surface area contributed by atoms with Crippen molar-refractivity contribution < 1.29 is 14.7 Å². The summed E-state index contributed by atoms with van der Waals surface area (Å²) in [6.45, 7) is 0.402. The van der Waals surface area contributed by atoms with Crippen LogP contribution in [0.15, 0.2) is 30.3 Å². The first-order valence-corrected chi connectivity index (χ1v) is 6.88. The van der Waals surface area contributed by atoms with Crippen LogP contribution in [0.25, 0.3) is 0 Å². The summed E-state index contributed by atoms with van der Waals surface area (Å²) in [6.07, 6.45) is 7.52. The summed E-state index contributed by atoms with van der Waals surface area (Å²) in [4.78, 5) is 26.5. The highest BCUT2D eigenvalue weighted by Crippen LogP contribution is 2.30. The average molecular weight is 286 g/mol. The molecule has 1 aromatic rings. The molecule has 5 heteroatoms. The van der Waals surface area contributed by atoms with E-state index in [2.05, 4.69) is 5.92 Å². The summed E-state index contributed by atoms with van der Waals surface area (Å²) in [5.74, 6) is 1.91. The largest absolute Gasteiger partial charge is 0.480 e. The highest BCUT2D eigenvalue weighted by Gasteiger charge is 2.30. The number of terminal acetylenes is 1. The van der Waals surface area contributed by atoms with E-state index in [1.54, 1.807) is 29.2 Å². The third kappa shape index (κ3) is 4.25. The number of para-hydroxylation sites is 1. The van der Waals surface area contributed by atoms with Gasteiger partial charge in [0.1, 0.15) is 6.54 Å². The lowest BCUT2D eigenvalue weighted by molar-refractivity contribution is -0.135. The summed E-state index contributed by atoms with van der Waals surface area (Å²) in [5.41, 5.74) is 0.558. The summed E-state index contributed by atoms with van der Waals surface area (Å²) in [5, 5.41) is 9.05. The van der Waals surface area contributed by atoms with Gasteiger partial charge in [-0.15, -0.1) is 6.42 Å². The van der Waals surface area contributed by atoms with E-state index in [0.717, 1.165) is 12.8 Å². The normalized spacial score (nSPS) is 13.3. The maximum Gasteiger partial charge on any atom is 0.325 e. The first-order valence-electron chi connectivity index (χ1n) is 6.88. The number of aliphatic carboxylic acids is 1. The number of nitrogens with zero attached hydrogens (tertiary/aromatic N) is 2. The number of carboxylic acid groups (broad SMARTS) is 1. The van der Waals surface area contributed by atoms with E-state index >= 15 is 0 Å². The average Bonchev–Trinajstić information content (AvgIpc) is 3.28. The highest BCUT2D eigenvalue weighted by atomic mass is 16.4. The highest BCUT2D eigenvalue weighted by molar-refractivity contribution is 5.96. The Labute approximate surface area is 124 Å². The molecule has 1 aromatic carbocycles. The molecule has 0 spiro atoms. The number of amides is 2. The molecule has 1 N–H and O–H groups in total. The molecule has 0 bridgehead atoms. The van der Waals surface area contributed by atoms with Crippen LogP contribution < -0.4 is 4.90 Å². The van der Waals surface area contributed by atoms with Crippen LogP contribution in [0.4, 0.5) is 10.5 Å². The van der Waals surface area contributed by atoms with Crippen LogP contribution in [0.3, 0.4) is 0 Å². The van der Waals surface area contributed by atoms with Crippen molar-refractivity contribution in [2.24, 2.45) is 5.92 Å². The van der Waals surface area contributed by atoms with E-state index in [-0.39, 0.29) is 19.1 Å². The second-order valence-electron chi connectivity index (χ2n) is 5.13. The van der Waals surface area contributed by atoms with Gasteiger partial charge in [0.2, 0.25) is 0 Å². The molecule has 0 radical (unpaired) electrons. The van der Waals surface area contributed by atoms with E-state index in [4.69, 9.17) is 11.5 Å². The topological polar surface area (TPSA) is 60.9 Å². The maximum absolute atomic E-state index is 12.6. The van der Waals surface area contributed by atoms with Gasteiger partial charge in [-0.3, -0.25) is 9.69 Å². The van der Waals surface area contributed by atoms with E-state index in [0.29, 0.717) is 18.2 Å². The van der Waals surface area contributed by atoms with Crippen molar-refractivity contribution in [1.82, 2.24) is 4.90 Å². The van der Waals surface area contributed by atoms with Crippen molar-refractivity contribution >= 4 is 17.7 Å². The van der Waals surface area contributed by atoms with Crippen LogP contribution in [-0.4, -0.2) is 41.6 Å². The predicted molar refractivity (Wildman–Crippen MR) is 79.9 cm³/mol. The standard InChI is InChI=1S/C16H18N2O3/c1-2-10-17(11-13-8-9-13)16(21)18(12-15(19)20)14-6-4-3-5-7-14/h1,3-7,13H,8-12H2,(H,19,20). The van der Waals surface area contributed by atoms with Crippen molar-refractivity contribution in [2.45, 2.75) is 12.8 Å². The maximum atomic E-state index is 12.6. The number of urea groups is 1. The Bertz CT molecular complexity index is 546. The van der Waals surface area contributed by atoms with Crippen molar-refractivity contribution in [3.05, 3.63) is 30.3 Å². The lowest BCUT2D eigenvalue weighted by atomic mass is 10.3. The number of hydrogen-bond donors (Lipinski definition) is 1. The van der Waals surface area contributed by atoms with Gasteiger partial charge in [0.15, 0.2) is 0 Å². The first-order chi connectivity index (χ1) is 10.1. The minimum absolute atomic E-state index is 0.193. The Kier molecular flexibility index (Phi) is 4.83. The lowest BCUT2D eigenvalue weighted by Gasteiger charge is -2.28. The van der Waals surface area contributed by atoms with E-state index in [9.17, 15) is 9.59 Å². The Balaban J connectivity index is 2.19. The van der Waals surface area contributed by atoms with Gasteiger partial charge < -0.3 is 10.0 Å². The molecule has 0 heterocycles. The Hall–Kier alpha value is -2.48. The molecule has 1 fully saturated rings. The number of hydrogen-bond acceptors (Lipinski definition) is 2. The molecule has 1 aliphatic rings. The van der Waals surface area contributed by atoms with Crippen molar-refractivity contribution in [3.63, 3.8) is 0 Å². The number of anilines is 1. The molecule has 2 amide bonds. The van der Waals surface area contributed by atoms with Gasteiger partial charge in [0.05, 0.1) is 6.54 Å². The van der Waals surface area contributed by atoms with Crippen LogP contribution in [0.5, 0.6) is 0 Å². The molecule has 0 aromatic heterocycles. The molecule has 0 atom stereocenters. The van der Waals surface area contributed by atoms with E-state index in [1.807, 2.05) is 6.07 Å². The third-order valence-electron chi connectivity index (χ3n) is 3.32. The number of rotatable bonds is 6. The van der Waals surface area contributed by atoms with Crippen LogP contribution in [0.2, 0.25) is 0 Å². The Morgan fingerprint density at radius 2 is 1.95 bits per heavy atom. The van der Waals surface area contributed by atoms with Gasteiger partial charge in [0.25, 0.3) is 0 Å². The van der Waals surface area contributed by atoms with Crippen molar-refractivity contribution in [2.75, 3.05) is 24.5 Å². The lowest BCUT2D eigenvalue weighted by Crippen LogP contribution is -2.46. The van der Waals surface area contributed by atoms with Gasteiger partial charge >= 0.3 is 12.0 Å². The number of carboxylic acids is 1. The third-order valence-corrected chi connectivity index (χ3v) is 3.32. The van der Waals surface area contributed by atoms with E-state index in [1.165, 1.54) is 4.90 Å². The second kappa shape index (κ2) is 6.80. The fourth-order valence-electron chi connectivity index (χ4n) is 2.12. The fourth-order valence-corrected chi connectivity index (χ4v) is 2.12. The van der Waals surface area contributed by atoms with Crippen molar-refractivity contribution in [1.29, 1.82) is 0 Å². The van der Waals surface area contributed by atoms with Gasteiger partial charge in [-0.1, -0.05) is 24.1 Å². The monoisotopic (exact) mass is 286 g/mol. The zero-order valence-corrected chi connectivity index (χ0v) is 11.7. The van der Waals surface area contributed by atoms with Gasteiger partial charge in [0, 0.05) is 12.2 Å².